The Kier molecular flexibility index (Phi) is 5.90. The third-order valence-corrected chi connectivity index (χ3v) is 2.98. The molecule has 0 radical (unpaired) electrons. The predicted molar refractivity (Wildman–Crippen MR) is 65.4 cm³/mol. The predicted octanol–water partition coefficient (Wildman–Crippen LogP) is 2.00. The molecule has 0 aliphatic heterocycles. The number of ether oxygens (including phenoxy) is 1. The molecule has 1 unspecified atom stereocenters. The summed E-state index contributed by atoms with van der Waals surface area (Å²) in [4.78, 5) is 0. The maximum atomic E-state index is 12.9. The molecule has 1 rings (SSSR count). The summed E-state index contributed by atoms with van der Waals surface area (Å²) < 4.78 is 18.9. The van der Waals surface area contributed by atoms with Crippen molar-refractivity contribution < 1.29 is 9.13 Å². The van der Waals surface area contributed by atoms with E-state index in [2.05, 4.69) is 21.4 Å². The lowest BCUT2D eigenvalue weighted by atomic mass is 10.1. The molecule has 1 atom stereocenters. The van der Waals surface area contributed by atoms with Gasteiger partial charge in [-0.05, 0) is 31.0 Å². The first-order valence-electron chi connectivity index (χ1n) is 5.15. The fourth-order valence-electron chi connectivity index (χ4n) is 1.38. The fraction of sp³-hybridized carbons (Fsp3) is 0.455. The minimum Gasteiger partial charge on any atom is -0.380 e. The van der Waals surface area contributed by atoms with E-state index in [1.54, 1.807) is 6.07 Å². The van der Waals surface area contributed by atoms with E-state index in [0.29, 0.717) is 19.6 Å². The molecule has 0 aliphatic carbocycles. The summed E-state index contributed by atoms with van der Waals surface area (Å²) >= 11 is 3.32. The Morgan fingerprint density at radius 2 is 2.31 bits per heavy atom. The molecule has 0 bridgehead atoms. The van der Waals surface area contributed by atoms with Crippen molar-refractivity contribution in [3.8, 4) is 0 Å². The molecule has 0 spiro atoms. The van der Waals surface area contributed by atoms with Crippen molar-refractivity contribution in [2.75, 3.05) is 13.2 Å². The second-order valence-corrected chi connectivity index (χ2v) is 4.32. The highest BCUT2D eigenvalue weighted by Gasteiger charge is 2.10. The summed E-state index contributed by atoms with van der Waals surface area (Å²) in [6, 6.07) is 4.66. The lowest BCUT2D eigenvalue weighted by molar-refractivity contribution is 0.123. The second-order valence-electron chi connectivity index (χ2n) is 3.46. The molecule has 0 saturated carbocycles. The zero-order valence-electron chi connectivity index (χ0n) is 9.17. The summed E-state index contributed by atoms with van der Waals surface area (Å²) in [7, 11) is 0. The van der Waals surface area contributed by atoms with Gasteiger partial charge in [-0.3, -0.25) is 11.3 Å². The summed E-state index contributed by atoms with van der Waals surface area (Å²) in [5.41, 5.74) is 3.69. The van der Waals surface area contributed by atoms with E-state index in [1.165, 1.54) is 12.1 Å². The standard InChI is InChI=1S/C11H16BrFN2O/c1-2-16-7-10(15-14)5-8-3-4-9(13)6-11(8)12/h3-4,6,10,15H,2,5,7,14H2,1H3. The molecular weight excluding hydrogens is 275 g/mol. The summed E-state index contributed by atoms with van der Waals surface area (Å²) in [6.07, 6.45) is 0.692. The smallest absolute Gasteiger partial charge is 0.124 e. The summed E-state index contributed by atoms with van der Waals surface area (Å²) in [5.74, 6) is 5.17. The van der Waals surface area contributed by atoms with Crippen LogP contribution in [0.25, 0.3) is 0 Å². The lowest BCUT2D eigenvalue weighted by Gasteiger charge is -2.16. The highest BCUT2D eigenvalue weighted by molar-refractivity contribution is 9.10. The largest absolute Gasteiger partial charge is 0.380 e. The van der Waals surface area contributed by atoms with Crippen molar-refractivity contribution in [2.24, 2.45) is 5.84 Å². The van der Waals surface area contributed by atoms with Gasteiger partial charge in [0.1, 0.15) is 5.82 Å². The summed E-state index contributed by atoms with van der Waals surface area (Å²) in [6.45, 7) is 3.13. The molecule has 0 amide bonds. The maximum absolute atomic E-state index is 12.9. The van der Waals surface area contributed by atoms with Crippen molar-refractivity contribution in [1.82, 2.24) is 5.43 Å². The van der Waals surface area contributed by atoms with Gasteiger partial charge >= 0.3 is 0 Å². The first-order chi connectivity index (χ1) is 7.67. The highest BCUT2D eigenvalue weighted by atomic mass is 79.9. The van der Waals surface area contributed by atoms with Crippen molar-refractivity contribution in [3.63, 3.8) is 0 Å². The van der Waals surface area contributed by atoms with Crippen LogP contribution in [0.1, 0.15) is 12.5 Å². The Labute approximate surface area is 103 Å². The number of nitrogens with two attached hydrogens (primary N) is 1. The fourth-order valence-corrected chi connectivity index (χ4v) is 1.89. The van der Waals surface area contributed by atoms with Gasteiger partial charge in [-0.15, -0.1) is 0 Å². The summed E-state index contributed by atoms with van der Waals surface area (Å²) in [5, 5.41) is 0. The Hall–Kier alpha value is -0.490. The molecule has 3 N–H and O–H groups in total. The van der Waals surface area contributed by atoms with Crippen molar-refractivity contribution in [1.29, 1.82) is 0 Å². The van der Waals surface area contributed by atoms with E-state index in [4.69, 9.17) is 10.6 Å². The van der Waals surface area contributed by atoms with E-state index >= 15 is 0 Å². The van der Waals surface area contributed by atoms with Crippen LogP contribution in [-0.2, 0) is 11.2 Å². The van der Waals surface area contributed by atoms with Crippen LogP contribution < -0.4 is 11.3 Å². The van der Waals surface area contributed by atoms with Gasteiger partial charge in [-0.1, -0.05) is 22.0 Å². The number of hydrogen-bond acceptors (Lipinski definition) is 3. The number of hydrogen-bond donors (Lipinski definition) is 2. The van der Waals surface area contributed by atoms with Crippen molar-refractivity contribution in [3.05, 3.63) is 34.1 Å². The molecular formula is C11H16BrFN2O. The Bertz CT molecular complexity index is 336. The van der Waals surface area contributed by atoms with Gasteiger partial charge in [0.05, 0.1) is 6.61 Å². The number of rotatable bonds is 6. The van der Waals surface area contributed by atoms with Gasteiger partial charge < -0.3 is 4.74 Å². The van der Waals surface area contributed by atoms with Gasteiger partial charge in [0.15, 0.2) is 0 Å². The van der Waals surface area contributed by atoms with Crippen molar-refractivity contribution >= 4 is 15.9 Å². The first kappa shape index (κ1) is 13.6. The molecule has 3 nitrogen and oxygen atoms in total. The quantitative estimate of drug-likeness (QED) is 0.622. The molecule has 1 aromatic rings. The zero-order chi connectivity index (χ0) is 12.0. The van der Waals surface area contributed by atoms with E-state index in [0.717, 1.165) is 10.0 Å². The third kappa shape index (κ3) is 4.17. The number of benzene rings is 1. The number of nitrogens with one attached hydrogen (secondary N) is 1. The van der Waals surface area contributed by atoms with Crippen LogP contribution in [0.3, 0.4) is 0 Å². The van der Waals surface area contributed by atoms with Crippen LogP contribution in [0.4, 0.5) is 4.39 Å². The lowest BCUT2D eigenvalue weighted by Crippen LogP contribution is -2.40. The van der Waals surface area contributed by atoms with Crippen LogP contribution in [-0.4, -0.2) is 19.3 Å². The minimum atomic E-state index is -0.252. The van der Waals surface area contributed by atoms with Gasteiger partial charge in [0.25, 0.3) is 0 Å². The van der Waals surface area contributed by atoms with E-state index < -0.39 is 0 Å². The monoisotopic (exact) mass is 290 g/mol. The second kappa shape index (κ2) is 6.96. The molecule has 0 aliphatic rings. The molecule has 0 aromatic heterocycles. The number of halogens is 2. The van der Waals surface area contributed by atoms with E-state index in [9.17, 15) is 4.39 Å². The van der Waals surface area contributed by atoms with E-state index in [1.807, 2.05) is 6.92 Å². The maximum Gasteiger partial charge on any atom is 0.124 e. The Balaban J connectivity index is 2.62. The zero-order valence-corrected chi connectivity index (χ0v) is 10.8. The van der Waals surface area contributed by atoms with Crippen LogP contribution >= 0.6 is 15.9 Å². The average Bonchev–Trinajstić information content (AvgIpc) is 2.27. The molecule has 0 fully saturated rings. The van der Waals surface area contributed by atoms with Crippen LogP contribution in [0.15, 0.2) is 22.7 Å². The number of hydrazine groups is 1. The Morgan fingerprint density at radius 1 is 1.56 bits per heavy atom. The SMILES string of the molecule is CCOCC(Cc1ccc(F)cc1Br)NN. The molecule has 5 heteroatoms. The van der Waals surface area contributed by atoms with Crippen molar-refractivity contribution in [2.45, 2.75) is 19.4 Å². The van der Waals surface area contributed by atoms with Gasteiger partial charge in [0, 0.05) is 17.1 Å². The van der Waals surface area contributed by atoms with Crippen LogP contribution in [0.2, 0.25) is 0 Å². The minimum absolute atomic E-state index is 0.0294. The van der Waals surface area contributed by atoms with Crippen LogP contribution in [0, 0.1) is 5.82 Å². The molecule has 1 aromatic carbocycles. The van der Waals surface area contributed by atoms with Gasteiger partial charge in [-0.25, -0.2) is 4.39 Å². The average molecular weight is 291 g/mol. The normalized spacial score (nSPS) is 12.8. The molecule has 90 valence electrons. The Morgan fingerprint density at radius 3 is 2.88 bits per heavy atom. The molecule has 16 heavy (non-hydrogen) atoms. The van der Waals surface area contributed by atoms with Gasteiger partial charge in [0.2, 0.25) is 0 Å². The van der Waals surface area contributed by atoms with Crippen LogP contribution in [0.5, 0.6) is 0 Å². The third-order valence-electron chi connectivity index (χ3n) is 2.24. The molecule has 0 saturated heterocycles. The topological polar surface area (TPSA) is 47.3 Å². The van der Waals surface area contributed by atoms with Gasteiger partial charge in [-0.2, -0.15) is 0 Å². The highest BCUT2D eigenvalue weighted by Crippen LogP contribution is 2.19. The molecule has 0 heterocycles. The first-order valence-corrected chi connectivity index (χ1v) is 5.94. The van der Waals surface area contributed by atoms with E-state index in [-0.39, 0.29) is 11.9 Å².